The Morgan fingerprint density at radius 1 is 0.794 bits per heavy atom. The maximum absolute atomic E-state index is 14.9. The molecule has 186 valence electrons. The van der Waals surface area contributed by atoms with Gasteiger partial charge in [0.2, 0.25) is 0 Å². The van der Waals surface area contributed by atoms with Crippen molar-refractivity contribution in [2.24, 2.45) is 23.7 Å². The molecule has 0 radical (unpaired) electrons. The van der Waals surface area contributed by atoms with Crippen LogP contribution in [-0.2, 0) is 0 Å². The van der Waals surface area contributed by atoms with Gasteiger partial charge in [-0.15, -0.1) is 0 Å². The van der Waals surface area contributed by atoms with E-state index in [2.05, 4.69) is 13.8 Å². The van der Waals surface area contributed by atoms with Crippen molar-refractivity contribution in [3.05, 3.63) is 59.4 Å². The summed E-state index contributed by atoms with van der Waals surface area (Å²) in [5.41, 5.74) is 1.09. The van der Waals surface area contributed by atoms with Gasteiger partial charge in [-0.1, -0.05) is 58.1 Å². The van der Waals surface area contributed by atoms with Crippen LogP contribution in [0, 0.1) is 41.1 Å². The Balaban J connectivity index is 1.29. The zero-order valence-corrected chi connectivity index (χ0v) is 21.0. The lowest BCUT2D eigenvalue weighted by atomic mass is 9.70. The topological polar surface area (TPSA) is 0 Å². The maximum Gasteiger partial charge on any atom is 0.134 e. The van der Waals surface area contributed by atoms with Crippen molar-refractivity contribution in [2.45, 2.75) is 96.8 Å². The second-order valence-electron chi connectivity index (χ2n) is 11.2. The van der Waals surface area contributed by atoms with Crippen LogP contribution >= 0.6 is 0 Å². The average Bonchev–Trinajstić information content (AvgIpc) is 2.84. The summed E-state index contributed by atoms with van der Waals surface area (Å²) >= 11 is 0. The van der Waals surface area contributed by atoms with Crippen LogP contribution in [0.4, 0.5) is 13.2 Å². The molecule has 2 fully saturated rings. The van der Waals surface area contributed by atoms with Crippen LogP contribution in [0.2, 0.25) is 0 Å². The fraction of sp³-hybridized carbons (Fsp3) is 0.613. The van der Waals surface area contributed by atoms with E-state index in [4.69, 9.17) is 0 Å². The quantitative estimate of drug-likeness (QED) is 0.360. The van der Waals surface area contributed by atoms with E-state index in [1.54, 1.807) is 0 Å². The Bertz CT molecular complexity index is 880. The smallest absolute Gasteiger partial charge is 0.134 e. The molecule has 0 nitrogen and oxygen atoms in total. The van der Waals surface area contributed by atoms with Gasteiger partial charge in [0.05, 0.1) is 5.56 Å². The molecular formula is C31H41F3. The zero-order chi connectivity index (χ0) is 24.1. The van der Waals surface area contributed by atoms with E-state index in [9.17, 15) is 13.2 Å². The van der Waals surface area contributed by atoms with E-state index in [0.717, 1.165) is 54.9 Å². The van der Waals surface area contributed by atoms with Gasteiger partial charge in [-0.25, -0.2) is 13.2 Å². The molecule has 2 aliphatic carbocycles. The minimum Gasteiger partial charge on any atom is -0.207 e. The monoisotopic (exact) mass is 470 g/mol. The van der Waals surface area contributed by atoms with Gasteiger partial charge in [-0.2, -0.15) is 0 Å². The molecule has 0 saturated heterocycles. The molecule has 0 aromatic heterocycles. The second kappa shape index (κ2) is 11.8. The molecule has 1 atom stereocenters. The molecule has 4 rings (SSSR count). The van der Waals surface area contributed by atoms with Gasteiger partial charge in [0.1, 0.15) is 17.5 Å². The first-order valence-corrected chi connectivity index (χ1v) is 13.7. The molecule has 0 spiro atoms. The van der Waals surface area contributed by atoms with Crippen molar-refractivity contribution in [2.75, 3.05) is 0 Å². The van der Waals surface area contributed by atoms with E-state index in [0.29, 0.717) is 5.56 Å². The van der Waals surface area contributed by atoms with Gasteiger partial charge in [-0.05, 0) is 110 Å². The van der Waals surface area contributed by atoms with Crippen LogP contribution in [0.15, 0.2) is 36.4 Å². The molecule has 2 aromatic carbocycles. The Morgan fingerprint density at radius 3 is 1.97 bits per heavy atom. The SMILES string of the molecule is CCCCC1CCC(C(C)CC2CCC(c3cc(F)c(-c4ccc(F)cc4)c(F)c3)CC2)CC1. The van der Waals surface area contributed by atoms with E-state index in [1.807, 2.05) is 0 Å². The molecule has 0 aliphatic heterocycles. The first-order chi connectivity index (χ1) is 16.4. The molecule has 3 heteroatoms. The highest BCUT2D eigenvalue weighted by atomic mass is 19.1. The Kier molecular flexibility index (Phi) is 8.77. The Labute approximate surface area is 204 Å². The van der Waals surface area contributed by atoms with Gasteiger partial charge in [0.15, 0.2) is 0 Å². The molecule has 0 heterocycles. The molecule has 2 aliphatic rings. The summed E-state index contributed by atoms with van der Waals surface area (Å²) in [6.45, 7) is 4.75. The van der Waals surface area contributed by atoms with Gasteiger partial charge >= 0.3 is 0 Å². The second-order valence-corrected chi connectivity index (χ2v) is 11.2. The van der Waals surface area contributed by atoms with Crippen LogP contribution in [0.1, 0.15) is 102 Å². The van der Waals surface area contributed by atoms with Crippen molar-refractivity contribution >= 4 is 0 Å². The summed E-state index contributed by atoms with van der Waals surface area (Å²) in [4.78, 5) is 0. The maximum atomic E-state index is 14.9. The van der Waals surface area contributed by atoms with E-state index in [-0.39, 0.29) is 11.5 Å². The fourth-order valence-electron chi connectivity index (χ4n) is 6.71. The highest BCUT2D eigenvalue weighted by molar-refractivity contribution is 5.65. The first-order valence-electron chi connectivity index (χ1n) is 13.7. The third-order valence-corrected chi connectivity index (χ3v) is 8.88. The van der Waals surface area contributed by atoms with Crippen molar-refractivity contribution in [1.82, 2.24) is 0 Å². The van der Waals surface area contributed by atoms with E-state index < -0.39 is 17.5 Å². The summed E-state index contributed by atoms with van der Waals surface area (Å²) in [6, 6.07) is 8.35. The van der Waals surface area contributed by atoms with Gasteiger partial charge in [0, 0.05) is 0 Å². The summed E-state index contributed by atoms with van der Waals surface area (Å²) < 4.78 is 42.9. The van der Waals surface area contributed by atoms with Crippen LogP contribution < -0.4 is 0 Å². The summed E-state index contributed by atoms with van der Waals surface area (Å²) in [5, 5.41) is 0. The minimum atomic E-state index is -0.549. The summed E-state index contributed by atoms with van der Waals surface area (Å²) in [5.74, 6) is 2.11. The predicted molar refractivity (Wildman–Crippen MR) is 135 cm³/mol. The van der Waals surface area contributed by atoms with Crippen molar-refractivity contribution in [3.8, 4) is 11.1 Å². The third-order valence-electron chi connectivity index (χ3n) is 8.88. The lowest BCUT2D eigenvalue weighted by Crippen LogP contribution is -2.23. The molecule has 34 heavy (non-hydrogen) atoms. The first kappa shape index (κ1) is 25.3. The third kappa shape index (κ3) is 6.26. The van der Waals surface area contributed by atoms with Crippen LogP contribution in [0.5, 0.6) is 0 Å². The normalized spacial score (nSPS) is 26.4. The lowest BCUT2D eigenvalue weighted by molar-refractivity contribution is 0.169. The number of unbranched alkanes of at least 4 members (excludes halogenated alkanes) is 1. The standard InChI is InChI=1S/C31H41F3/c1-3-4-5-22-6-10-24(11-7-22)21(2)18-23-8-12-25(13-9-23)27-19-29(33)31(30(34)20-27)26-14-16-28(32)17-15-26/h14-17,19-25H,3-13,18H2,1-2H3. The largest absolute Gasteiger partial charge is 0.207 e. The highest BCUT2D eigenvalue weighted by Gasteiger charge is 2.29. The number of hydrogen-bond donors (Lipinski definition) is 0. The molecule has 1 unspecified atom stereocenters. The number of benzene rings is 2. The van der Waals surface area contributed by atoms with E-state index in [1.165, 1.54) is 87.8 Å². The summed E-state index contributed by atoms with van der Waals surface area (Å²) in [7, 11) is 0. The van der Waals surface area contributed by atoms with Gasteiger partial charge < -0.3 is 0 Å². The van der Waals surface area contributed by atoms with Crippen molar-refractivity contribution in [3.63, 3.8) is 0 Å². The predicted octanol–water partition coefficient (Wildman–Crippen LogP) is 10.1. The zero-order valence-electron chi connectivity index (χ0n) is 21.0. The minimum absolute atomic E-state index is 0.0596. The Morgan fingerprint density at radius 2 is 1.38 bits per heavy atom. The average molecular weight is 471 g/mol. The van der Waals surface area contributed by atoms with Crippen LogP contribution in [-0.4, -0.2) is 0 Å². The highest BCUT2D eigenvalue weighted by Crippen LogP contribution is 2.43. The molecule has 0 N–H and O–H groups in total. The van der Waals surface area contributed by atoms with Gasteiger partial charge in [-0.3, -0.25) is 0 Å². The molecule has 0 amide bonds. The molecule has 0 bridgehead atoms. The molecule has 2 saturated carbocycles. The Hall–Kier alpha value is -1.77. The number of hydrogen-bond acceptors (Lipinski definition) is 0. The number of halogens is 3. The molecular weight excluding hydrogens is 429 g/mol. The van der Waals surface area contributed by atoms with Gasteiger partial charge in [0.25, 0.3) is 0 Å². The van der Waals surface area contributed by atoms with Crippen molar-refractivity contribution in [1.29, 1.82) is 0 Å². The van der Waals surface area contributed by atoms with Crippen LogP contribution in [0.25, 0.3) is 11.1 Å². The van der Waals surface area contributed by atoms with E-state index >= 15 is 0 Å². The number of rotatable bonds is 8. The summed E-state index contributed by atoms with van der Waals surface area (Å²) in [6.07, 6.45) is 15.4. The van der Waals surface area contributed by atoms with Crippen molar-refractivity contribution < 1.29 is 13.2 Å². The lowest BCUT2D eigenvalue weighted by Gasteiger charge is -2.36. The fourth-order valence-corrected chi connectivity index (χ4v) is 6.71. The molecule has 2 aromatic rings. The van der Waals surface area contributed by atoms with Crippen LogP contribution in [0.3, 0.4) is 0 Å².